The van der Waals surface area contributed by atoms with Crippen LogP contribution in [0.15, 0.2) is 0 Å². The van der Waals surface area contributed by atoms with Crippen molar-refractivity contribution in [2.45, 2.75) is 39.3 Å². The first-order valence-electron chi connectivity index (χ1n) is 5.15. The van der Waals surface area contributed by atoms with Crippen molar-refractivity contribution in [2.24, 2.45) is 0 Å². The van der Waals surface area contributed by atoms with Crippen LogP contribution < -0.4 is 0 Å². The Bertz CT molecular complexity index is 163. The van der Waals surface area contributed by atoms with Gasteiger partial charge in [-0.1, -0.05) is 0 Å². The molecule has 0 radical (unpaired) electrons. The molecule has 7 heteroatoms. The van der Waals surface area contributed by atoms with E-state index in [0.717, 1.165) is 0 Å². The first kappa shape index (κ1) is 14.7. The predicted octanol–water partition coefficient (Wildman–Crippen LogP) is 1.14. The Kier molecular flexibility index (Phi) is 6.70. The summed E-state index contributed by atoms with van der Waals surface area (Å²) < 4.78 is 17.6. The Hall–Kier alpha value is 0.748. The van der Waals surface area contributed by atoms with Crippen molar-refractivity contribution in [3.05, 3.63) is 0 Å². The van der Waals surface area contributed by atoms with Crippen LogP contribution in [-0.2, 0) is 12.7 Å². The number of hydrogen-bond acceptors (Lipinski definition) is 3. The maximum atomic E-state index is 6.10. The van der Waals surface area contributed by atoms with Gasteiger partial charge in [-0.3, -0.25) is 0 Å². The summed E-state index contributed by atoms with van der Waals surface area (Å²) in [5.74, 6) is 0. The van der Waals surface area contributed by atoms with Crippen LogP contribution in [0.1, 0.15) is 0 Å². The maximum Gasteiger partial charge on any atom is 0.321 e. The summed E-state index contributed by atoms with van der Waals surface area (Å²) in [7, 11) is -3.36. The summed E-state index contributed by atoms with van der Waals surface area (Å²) in [6, 6.07) is 0. The minimum atomic E-state index is -1.67. The second-order valence-corrected chi connectivity index (χ2v) is 20.7. The monoisotopic (exact) mass is 268 g/mol. The molecule has 0 amide bonds. The lowest BCUT2D eigenvalue weighted by Crippen LogP contribution is -2.55. The fraction of sp³-hybridized carbons (Fsp3) is 1.00. The van der Waals surface area contributed by atoms with Gasteiger partial charge in [0.25, 0.3) is 0 Å². The Morgan fingerprint density at radius 2 is 1.43 bits per heavy atom. The summed E-state index contributed by atoms with van der Waals surface area (Å²) in [4.78, 5) is 0. The molecule has 0 heterocycles. The fourth-order valence-corrected chi connectivity index (χ4v) is 21.6. The van der Waals surface area contributed by atoms with E-state index >= 15 is 0 Å². The predicted molar refractivity (Wildman–Crippen MR) is 71.6 cm³/mol. The quantitative estimate of drug-likeness (QED) is 0.676. The molecule has 1 unspecified atom stereocenters. The maximum absolute atomic E-state index is 6.10. The van der Waals surface area contributed by atoms with Crippen molar-refractivity contribution in [1.29, 1.82) is 0 Å². The first-order chi connectivity index (χ1) is 6.29. The highest BCUT2D eigenvalue weighted by Gasteiger charge is 2.39. The molecule has 0 spiro atoms. The molecule has 0 aliphatic rings. The van der Waals surface area contributed by atoms with Gasteiger partial charge in [-0.25, -0.2) is 0 Å². The van der Waals surface area contributed by atoms with E-state index in [9.17, 15) is 0 Å². The SMILES string of the molecule is CO[SiH](O[SiH](C)C)[Si](C)(C)O[SiH](C)C. The average Bonchev–Trinajstić information content (AvgIpc) is 1.96. The van der Waals surface area contributed by atoms with Crippen LogP contribution in [0.25, 0.3) is 0 Å². The van der Waals surface area contributed by atoms with Crippen LogP contribution in [0.4, 0.5) is 0 Å². The van der Waals surface area contributed by atoms with Crippen LogP contribution in [0.5, 0.6) is 0 Å². The summed E-state index contributed by atoms with van der Waals surface area (Å²) in [6.07, 6.45) is 0. The van der Waals surface area contributed by atoms with E-state index in [-0.39, 0.29) is 0 Å². The Morgan fingerprint density at radius 1 is 0.929 bits per heavy atom. The van der Waals surface area contributed by atoms with E-state index in [4.69, 9.17) is 12.7 Å². The highest BCUT2D eigenvalue weighted by molar-refractivity contribution is 7.26. The smallest absolute Gasteiger partial charge is 0.321 e. The van der Waals surface area contributed by atoms with E-state index in [2.05, 4.69) is 39.3 Å². The average molecular weight is 269 g/mol. The topological polar surface area (TPSA) is 27.7 Å². The van der Waals surface area contributed by atoms with Crippen molar-refractivity contribution in [3.8, 4) is 0 Å². The molecule has 0 N–H and O–H groups in total. The second kappa shape index (κ2) is 6.36. The van der Waals surface area contributed by atoms with E-state index < -0.39 is 34.7 Å². The number of hydrogen-bond donors (Lipinski definition) is 0. The zero-order valence-electron chi connectivity index (χ0n) is 10.5. The molecule has 0 fully saturated rings. The molecule has 1 atom stereocenters. The minimum Gasteiger partial charge on any atom is -0.457 e. The fourth-order valence-electron chi connectivity index (χ4n) is 1.41. The third kappa shape index (κ3) is 5.59. The zero-order valence-corrected chi connectivity index (χ0v) is 14.9. The largest absolute Gasteiger partial charge is 0.457 e. The highest BCUT2D eigenvalue weighted by atomic mass is 29.3. The first-order valence-corrected chi connectivity index (χ1v) is 16.4. The lowest BCUT2D eigenvalue weighted by atomic mass is 11.8. The molecule has 0 rings (SSSR count). The van der Waals surface area contributed by atoms with Gasteiger partial charge in [0.15, 0.2) is 18.1 Å². The molecule has 0 bridgehead atoms. The van der Waals surface area contributed by atoms with Crippen molar-refractivity contribution in [3.63, 3.8) is 0 Å². The third-order valence-electron chi connectivity index (χ3n) is 1.72. The lowest BCUT2D eigenvalue weighted by Gasteiger charge is -2.32. The molecule has 14 heavy (non-hydrogen) atoms. The molecule has 3 nitrogen and oxygen atoms in total. The van der Waals surface area contributed by atoms with Gasteiger partial charge in [-0.05, 0) is 39.3 Å². The molecule has 0 aliphatic heterocycles. The molecule has 0 saturated carbocycles. The molecule has 0 aromatic rings. The van der Waals surface area contributed by atoms with E-state index in [0.29, 0.717) is 0 Å². The molecular formula is C7H24O3Si4. The lowest BCUT2D eigenvalue weighted by molar-refractivity contribution is 0.347. The minimum absolute atomic E-state index is 0.959. The van der Waals surface area contributed by atoms with Crippen LogP contribution in [0, 0.1) is 0 Å². The van der Waals surface area contributed by atoms with E-state index in [1.807, 2.05) is 0 Å². The highest BCUT2D eigenvalue weighted by Crippen LogP contribution is 2.13. The Morgan fingerprint density at radius 3 is 1.71 bits per heavy atom. The van der Waals surface area contributed by atoms with Gasteiger partial charge in [-0.15, -0.1) is 0 Å². The molecule has 0 saturated heterocycles. The molecule has 0 aliphatic carbocycles. The molecule has 0 aromatic carbocycles. The van der Waals surface area contributed by atoms with Crippen molar-refractivity contribution in [2.75, 3.05) is 7.11 Å². The normalized spacial score (nSPS) is 15.2. The Balaban J connectivity index is 4.32. The molecule has 0 aromatic heterocycles. The van der Waals surface area contributed by atoms with Gasteiger partial charge in [0.2, 0.25) is 7.83 Å². The van der Waals surface area contributed by atoms with Crippen molar-refractivity contribution >= 4 is 34.7 Å². The second-order valence-electron chi connectivity index (χ2n) is 4.52. The van der Waals surface area contributed by atoms with Gasteiger partial charge in [-0.2, -0.15) is 0 Å². The zero-order chi connectivity index (χ0) is 11.4. The van der Waals surface area contributed by atoms with Gasteiger partial charge < -0.3 is 12.7 Å². The van der Waals surface area contributed by atoms with Gasteiger partial charge >= 0.3 is 8.80 Å². The summed E-state index contributed by atoms with van der Waals surface area (Å²) >= 11 is 0. The van der Waals surface area contributed by atoms with Crippen LogP contribution in [0.2, 0.25) is 39.3 Å². The molecule has 86 valence electrons. The van der Waals surface area contributed by atoms with Crippen LogP contribution in [-0.4, -0.2) is 41.8 Å². The third-order valence-corrected chi connectivity index (χ3v) is 17.3. The van der Waals surface area contributed by atoms with Gasteiger partial charge in [0, 0.05) is 7.11 Å². The van der Waals surface area contributed by atoms with E-state index in [1.165, 1.54) is 0 Å². The standard InChI is InChI=1S/C7H24O3Si4/c1-8-13(9-11(2)3)14(6,7)10-12(4)5/h11-13H,1-7H3. The van der Waals surface area contributed by atoms with Crippen molar-refractivity contribution in [1.82, 2.24) is 0 Å². The summed E-state index contributed by atoms with van der Waals surface area (Å²) in [5.41, 5.74) is 0. The number of rotatable bonds is 6. The van der Waals surface area contributed by atoms with Crippen LogP contribution >= 0.6 is 0 Å². The Labute approximate surface area is 94.0 Å². The molecular weight excluding hydrogens is 244 g/mol. The summed E-state index contributed by atoms with van der Waals surface area (Å²) in [6.45, 7) is 13.3. The van der Waals surface area contributed by atoms with Crippen molar-refractivity contribution < 1.29 is 12.7 Å². The van der Waals surface area contributed by atoms with Gasteiger partial charge in [0.05, 0.1) is 0 Å². The van der Waals surface area contributed by atoms with E-state index in [1.54, 1.807) is 7.11 Å². The van der Waals surface area contributed by atoms with Gasteiger partial charge in [0.1, 0.15) is 0 Å². The summed E-state index contributed by atoms with van der Waals surface area (Å²) in [5, 5.41) is 0. The van der Waals surface area contributed by atoms with Crippen LogP contribution in [0.3, 0.4) is 0 Å².